The van der Waals surface area contributed by atoms with Gasteiger partial charge in [-0.05, 0) is 30.0 Å². The summed E-state index contributed by atoms with van der Waals surface area (Å²) in [7, 11) is -2.31. The van der Waals surface area contributed by atoms with Crippen molar-refractivity contribution in [2.45, 2.75) is 11.3 Å². The molecular weight excluding hydrogens is 322 g/mol. The predicted molar refractivity (Wildman–Crippen MR) is 85.1 cm³/mol. The van der Waals surface area contributed by atoms with Crippen LogP contribution in [-0.4, -0.2) is 43.8 Å². The van der Waals surface area contributed by atoms with Gasteiger partial charge in [0.05, 0.1) is 6.54 Å². The van der Waals surface area contributed by atoms with E-state index in [2.05, 4.69) is 10.3 Å². The zero-order chi connectivity index (χ0) is 16.0. The van der Waals surface area contributed by atoms with Crippen molar-refractivity contribution in [2.24, 2.45) is 0 Å². The van der Waals surface area contributed by atoms with Crippen LogP contribution in [0.1, 0.15) is 4.88 Å². The lowest BCUT2D eigenvalue weighted by molar-refractivity contribution is -0.121. The molecular formula is C14H17N3O3S2. The van der Waals surface area contributed by atoms with Gasteiger partial charge in [0, 0.05) is 30.9 Å². The Kier molecular flexibility index (Phi) is 5.64. The molecule has 0 saturated heterocycles. The third kappa shape index (κ3) is 4.36. The maximum atomic E-state index is 12.2. The molecule has 1 N–H and O–H groups in total. The smallest absolute Gasteiger partial charge is 0.244 e. The molecule has 0 bridgehead atoms. The summed E-state index contributed by atoms with van der Waals surface area (Å²) in [5.41, 5.74) is 0. The van der Waals surface area contributed by atoms with E-state index in [4.69, 9.17) is 0 Å². The summed E-state index contributed by atoms with van der Waals surface area (Å²) in [6, 6.07) is 6.95. The molecule has 118 valence electrons. The van der Waals surface area contributed by atoms with Crippen LogP contribution in [0.3, 0.4) is 0 Å². The number of pyridine rings is 1. The summed E-state index contributed by atoms with van der Waals surface area (Å²) in [4.78, 5) is 16.9. The number of hydrogen-bond acceptors (Lipinski definition) is 5. The van der Waals surface area contributed by atoms with E-state index in [0.29, 0.717) is 6.54 Å². The number of hydrogen-bond donors (Lipinski definition) is 1. The molecule has 2 rings (SSSR count). The number of likely N-dealkylation sites (N-methyl/N-ethyl adjacent to an activating group) is 1. The van der Waals surface area contributed by atoms with Gasteiger partial charge < -0.3 is 5.32 Å². The van der Waals surface area contributed by atoms with Crippen LogP contribution in [0.4, 0.5) is 0 Å². The Morgan fingerprint density at radius 2 is 2.18 bits per heavy atom. The van der Waals surface area contributed by atoms with Crippen LogP contribution in [0.5, 0.6) is 0 Å². The average Bonchev–Trinajstić information content (AvgIpc) is 3.01. The molecule has 0 aromatic carbocycles. The fraction of sp³-hybridized carbons (Fsp3) is 0.286. The molecule has 2 heterocycles. The molecule has 0 atom stereocenters. The lowest BCUT2D eigenvalue weighted by Crippen LogP contribution is -2.39. The zero-order valence-electron chi connectivity index (χ0n) is 12.1. The number of thiophene rings is 1. The van der Waals surface area contributed by atoms with Gasteiger partial charge in [-0.1, -0.05) is 6.07 Å². The highest BCUT2D eigenvalue weighted by atomic mass is 32.2. The maximum absolute atomic E-state index is 12.2. The van der Waals surface area contributed by atoms with Crippen LogP contribution in [0, 0.1) is 0 Å². The van der Waals surface area contributed by atoms with Gasteiger partial charge in [-0.3, -0.25) is 9.78 Å². The molecule has 0 fully saturated rings. The first-order chi connectivity index (χ1) is 10.5. The lowest BCUT2D eigenvalue weighted by atomic mass is 10.3. The highest BCUT2D eigenvalue weighted by molar-refractivity contribution is 7.89. The van der Waals surface area contributed by atoms with Gasteiger partial charge in [-0.15, -0.1) is 11.3 Å². The fourth-order valence-corrected chi connectivity index (χ4v) is 3.60. The SMILES string of the molecule is CN(CC(=O)NCCc1cccs1)S(=O)(=O)c1cccnc1. The monoisotopic (exact) mass is 339 g/mol. The first-order valence-electron chi connectivity index (χ1n) is 6.65. The summed E-state index contributed by atoms with van der Waals surface area (Å²) < 4.78 is 25.5. The summed E-state index contributed by atoms with van der Waals surface area (Å²) in [5, 5.41) is 4.70. The van der Waals surface area contributed by atoms with Crippen LogP contribution in [0.2, 0.25) is 0 Å². The summed E-state index contributed by atoms with van der Waals surface area (Å²) in [6.07, 6.45) is 3.50. The topological polar surface area (TPSA) is 79.4 Å². The van der Waals surface area contributed by atoms with Gasteiger partial charge in [0.15, 0.2) is 0 Å². The number of carbonyl (C=O) groups is 1. The van der Waals surface area contributed by atoms with Crippen molar-refractivity contribution in [3.8, 4) is 0 Å². The summed E-state index contributed by atoms with van der Waals surface area (Å²) in [6.45, 7) is 0.266. The third-order valence-electron chi connectivity index (χ3n) is 2.98. The largest absolute Gasteiger partial charge is 0.355 e. The minimum Gasteiger partial charge on any atom is -0.355 e. The Morgan fingerprint density at radius 3 is 2.82 bits per heavy atom. The maximum Gasteiger partial charge on any atom is 0.244 e. The van der Waals surface area contributed by atoms with E-state index in [1.165, 1.54) is 30.4 Å². The average molecular weight is 339 g/mol. The highest BCUT2D eigenvalue weighted by Gasteiger charge is 2.22. The van der Waals surface area contributed by atoms with Crippen molar-refractivity contribution in [1.29, 1.82) is 0 Å². The van der Waals surface area contributed by atoms with Gasteiger partial charge >= 0.3 is 0 Å². The molecule has 2 aromatic heterocycles. The van der Waals surface area contributed by atoms with Crippen molar-refractivity contribution in [3.63, 3.8) is 0 Å². The second-order valence-electron chi connectivity index (χ2n) is 4.63. The number of carbonyl (C=O) groups excluding carboxylic acids is 1. The Morgan fingerprint density at radius 1 is 1.36 bits per heavy atom. The standard InChI is InChI=1S/C14H17N3O3S2/c1-17(22(19,20)13-5-2-7-15-10-13)11-14(18)16-8-6-12-4-3-9-21-12/h2-5,7,9-10H,6,8,11H2,1H3,(H,16,18). The molecule has 1 amide bonds. The molecule has 0 aliphatic carbocycles. The zero-order valence-corrected chi connectivity index (χ0v) is 13.7. The molecule has 8 heteroatoms. The molecule has 0 spiro atoms. The van der Waals surface area contributed by atoms with E-state index in [1.54, 1.807) is 17.4 Å². The first-order valence-corrected chi connectivity index (χ1v) is 8.97. The second-order valence-corrected chi connectivity index (χ2v) is 7.71. The Balaban J connectivity index is 1.85. The van der Waals surface area contributed by atoms with Crippen molar-refractivity contribution in [2.75, 3.05) is 20.1 Å². The van der Waals surface area contributed by atoms with E-state index in [1.807, 2.05) is 17.5 Å². The third-order valence-corrected chi connectivity index (χ3v) is 5.71. The van der Waals surface area contributed by atoms with E-state index in [0.717, 1.165) is 10.7 Å². The minimum atomic E-state index is -3.69. The quantitative estimate of drug-likeness (QED) is 0.820. The van der Waals surface area contributed by atoms with Crippen molar-refractivity contribution in [3.05, 3.63) is 46.9 Å². The molecule has 0 aliphatic rings. The van der Waals surface area contributed by atoms with Crippen LogP contribution < -0.4 is 5.32 Å². The van der Waals surface area contributed by atoms with Gasteiger partial charge in [0.2, 0.25) is 15.9 Å². The Labute approximate surface area is 133 Å². The fourth-order valence-electron chi connectivity index (χ4n) is 1.80. The first kappa shape index (κ1) is 16.6. The molecule has 0 saturated carbocycles. The number of amides is 1. The summed E-state index contributed by atoms with van der Waals surface area (Å²) >= 11 is 1.63. The lowest BCUT2D eigenvalue weighted by Gasteiger charge is -2.16. The number of nitrogens with zero attached hydrogens (tertiary/aromatic N) is 2. The molecule has 0 unspecified atom stereocenters. The van der Waals surface area contributed by atoms with Crippen LogP contribution in [0.25, 0.3) is 0 Å². The number of nitrogens with one attached hydrogen (secondary N) is 1. The minimum absolute atomic E-state index is 0.0730. The van der Waals surface area contributed by atoms with Gasteiger partial charge in [-0.25, -0.2) is 8.42 Å². The van der Waals surface area contributed by atoms with Crippen LogP contribution in [0.15, 0.2) is 46.9 Å². The van der Waals surface area contributed by atoms with Crippen LogP contribution in [-0.2, 0) is 21.2 Å². The van der Waals surface area contributed by atoms with Gasteiger partial charge in [0.1, 0.15) is 4.90 Å². The molecule has 22 heavy (non-hydrogen) atoms. The molecule has 0 aliphatic heterocycles. The van der Waals surface area contributed by atoms with E-state index in [-0.39, 0.29) is 17.3 Å². The number of sulfonamides is 1. The molecule has 2 aromatic rings. The van der Waals surface area contributed by atoms with E-state index in [9.17, 15) is 13.2 Å². The van der Waals surface area contributed by atoms with E-state index >= 15 is 0 Å². The van der Waals surface area contributed by atoms with Crippen LogP contribution >= 0.6 is 11.3 Å². The Bertz CT molecular complexity index is 700. The number of rotatable bonds is 7. The van der Waals surface area contributed by atoms with Crippen molar-refractivity contribution in [1.82, 2.24) is 14.6 Å². The van der Waals surface area contributed by atoms with E-state index < -0.39 is 10.0 Å². The predicted octanol–water partition coefficient (Wildman–Crippen LogP) is 1.12. The molecule has 6 nitrogen and oxygen atoms in total. The van der Waals surface area contributed by atoms with Crippen molar-refractivity contribution < 1.29 is 13.2 Å². The van der Waals surface area contributed by atoms with Gasteiger partial charge in [0.25, 0.3) is 0 Å². The highest BCUT2D eigenvalue weighted by Crippen LogP contribution is 2.12. The number of aromatic nitrogens is 1. The summed E-state index contributed by atoms with van der Waals surface area (Å²) in [5.74, 6) is -0.327. The Hall–Kier alpha value is -1.77. The normalized spacial score (nSPS) is 11.5. The van der Waals surface area contributed by atoms with Gasteiger partial charge in [-0.2, -0.15) is 4.31 Å². The van der Waals surface area contributed by atoms with Crippen molar-refractivity contribution >= 4 is 27.3 Å². The second kappa shape index (κ2) is 7.48. The molecule has 0 radical (unpaired) electrons.